The van der Waals surface area contributed by atoms with E-state index >= 15 is 0 Å². The summed E-state index contributed by atoms with van der Waals surface area (Å²) in [6, 6.07) is 26.1. The van der Waals surface area contributed by atoms with Gasteiger partial charge in [0.05, 0.1) is 0 Å². The average Bonchev–Trinajstić information content (AvgIpc) is 2.89. The molecule has 3 aromatic rings. The van der Waals surface area contributed by atoms with Crippen LogP contribution in [0.2, 0.25) is 0 Å². The van der Waals surface area contributed by atoms with Gasteiger partial charge in [0.25, 0.3) is 0 Å². The van der Waals surface area contributed by atoms with Crippen LogP contribution in [0.25, 0.3) is 0 Å². The second kappa shape index (κ2) is 13.6. The topological polar surface area (TPSA) is 49.4 Å². The second-order valence-corrected chi connectivity index (χ2v) is 9.90. The van der Waals surface area contributed by atoms with Gasteiger partial charge in [-0.05, 0) is 47.9 Å². The first kappa shape index (κ1) is 27.2. The number of amides is 2. The smallest absolute Gasteiger partial charge is 0.243 e. The van der Waals surface area contributed by atoms with Crippen molar-refractivity contribution in [2.75, 3.05) is 6.54 Å². The molecule has 0 bridgehead atoms. The summed E-state index contributed by atoms with van der Waals surface area (Å²) in [6.07, 6.45) is 2.34. The standard InChI is InChI=1S/C32H40N2O2/c1-5-21-33-32(36)30(22-27-9-7-6-8-10-27)34(23-28-13-11-25(4)12-14-28)31(35)20-17-26-15-18-29(19-16-26)24(2)3/h6-16,18-19,24,30H,5,17,20-23H2,1-4H3,(H,33,36)/t30-/m1/s1. The second-order valence-electron chi connectivity index (χ2n) is 9.90. The van der Waals surface area contributed by atoms with Crippen LogP contribution >= 0.6 is 0 Å². The van der Waals surface area contributed by atoms with E-state index in [1.54, 1.807) is 4.90 Å². The predicted molar refractivity (Wildman–Crippen MR) is 148 cm³/mol. The summed E-state index contributed by atoms with van der Waals surface area (Å²) in [5, 5.41) is 3.04. The summed E-state index contributed by atoms with van der Waals surface area (Å²) >= 11 is 0. The molecule has 1 N–H and O–H groups in total. The van der Waals surface area contributed by atoms with Gasteiger partial charge in [0.15, 0.2) is 0 Å². The Morgan fingerprint density at radius 2 is 1.47 bits per heavy atom. The van der Waals surface area contributed by atoms with Gasteiger partial charge in [-0.25, -0.2) is 0 Å². The van der Waals surface area contributed by atoms with Gasteiger partial charge in [0.1, 0.15) is 6.04 Å². The molecule has 0 unspecified atom stereocenters. The van der Waals surface area contributed by atoms with Crippen LogP contribution in [0.15, 0.2) is 78.9 Å². The number of rotatable bonds is 12. The molecule has 0 spiro atoms. The molecule has 0 heterocycles. The van der Waals surface area contributed by atoms with Crippen molar-refractivity contribution in [1.29, 1.82) is 0 Å². The molecule has 0 aliphatic carbocycles. The third kappa shape index (κ3) is 8.08. The zero-order valence-corrected chi connectivity index (χ0v) is 22.2. The van der Waals surface area contributed by atoms with Crippen LogP contribution in [-0.2, 0) is 29.0 Å². The van der Waals surface area contributed by atoms with Crippen molar-refractivity contribution in [3.05, 3.63) is 107 Å². The predicted octanol–water partition coefficient (Wildman–Crippen LogP) is 6.22. The number of carbonyl (C=O) groups is 2. The zero-order valence-electron chi connectivity index (χ0n) is 22.2. The fourth-order valence-corrected chi connectivity index (χ4v) is 4.27. The van der Waals surface area contributed by atoms with E-state index in [1.165, 1.54) is 11.1 Å². The molecule has 0 aliphatic heterocycles. The highest BCUT2D eigenvalue weighted by molar-refractivity contribution is 5.88. The number of benzene rings is 3. The largest absolute Gasteiger partial charge is 0.354 e. The maximum absolute atomic E-state index is 13.7. The van der Waals surface area contributed by atoms with E-state index in [9.17, 15) is 9.59 Å². The Kier molecular flexibility index (Phi) is 10.3. The lowest BCUT2D eigenvalue weighted by Crippen LogP contribution is -2.50. The van der Waals surface area contributed by atoms with E-state index in [0.717, 1.165) is 23.1 Å². The summed E-state index contributed by atoms with van der Waals surface area (Å²) in [6.45, 7) is 9.44. The Labute approximate surface area is 216 Å². The van der Waals surface area contributed by atoms with Crippen molar-refractivity contribution in [3.63, 3.8) is 0 Å². The van der Waals surface area contributed by atoms with Gasteiger partial charge >= 0.3 is 0 Å². The van der Waals surface area contributed by atoms with Crippen LogP contribution in [0.4, 0.5) is 0 Å². The van der Waals surface area contributed by atoms with Gasteiger partial charge in [0.2, 0.25) is 11.8 Å². The fraction of sp³-hybridized carbons (Fsp3) is 0.375. The molecule has 1 atom stereocenters. The van der Waals surface area contributed by atoms with Crippen LogP contribution in [0, 0.1) is 6.92 Å². The number of carbonyl (C=O) groups excluding carboxylic acids is 2. The van der Waals surface area contributed by atoms with E-state index in [-0.39, 0.29) is 11.8 Å². The van der Waals surface area contributed by atoms with E-state index in [1.807, 2.05) is 56.3 Å². The molecular weight excluding hydrogens is 444 g/mol. The molecule has 36 heavy (non-hydrogen) atoms. The van der Waals surface area contributed by atoms with Gasteiger partial charge < -0.3 is 10.2 Å². The molecule has 0 saturated carbocycles. The SMILES string of the molecule is CCCNC(=O)[C@@H](Cc1ccccc1)N(Cc1ccc(C)cc1)C(=O)CCc1ccc(C(C)C)cc1. The Balaban J connectivity index is 1.85. The minimum absolute atomic E-state index is 0.00362. The Morgan fingerprint density at radius 1 is 0.833 bits per heavy atom. The first-order chi connectivity index (χ1) is 17.4. The normalized spacial score (nSPS) is 11.8. The molecular formula is C32H40N2O2. The van der Waals surface area contributed by atoms with Crippen molar-refractivity contribution in [1.82, 2.24) is 10.2 Å². The molecule has 0 aliphatic rings. The summed E-state index contributed by atoms with van der Waals surface area (Å²) in [7, 11) is 0. The highest BCUT2D eigenvalue weighted by Gasteiger charge is 2.30. The summed E-state index contributed by atoms with van der Waals surface area (Å²) in [5.74, 6) is 0.379. The lowest BCUT2D eigenvalue weighted by molar-refractivity contribution is -0.141. The Morgan fingerprint density at radius 3 is 2.08 bits per heavy atom. The van der Waals surface area contributed by atoms with Gasteiger partial charge in [-0.15, -0.1) is 0 Å². The van der Waals surface area contributed by atoms with E-state index in [2.05, 4.69) is 55.6 Å². The summed E-state index contributed by atoms with van der Waals surface area (Å²) in [5.41, 5.74) is 5.67. The van der Waals surface area contributed by atoms with E-state index in [0.29, 0.717) is 38.3 Å². The van der Waals surface area contributed by atoms with Crippen molar-refractivity contribution in [2.24, 2.45) is 0 Å². The van der Waals surface area contributed by atoms with Crippen molar-refractivity contribution < 1.29 is 9.59 Å². The molecule has 2 amide bonds. The Hall–Kier alpha value is -3.40. The third-order valence-corrected chi connectivity index (χ3v) is 6.57. The molecule has 190 valence electrons. The summed E-state index contributed by atoms with van der Waals surface area (Å²) in [4.78, 5) is 28.9. The van der Waals surface area contributed by atoms with Crippen LogP contribution in [0.1, 0.15) is 67.3 Å². The quantitative estimate of drug-likeness (QED) is 0.332. The van der Waals surface area contributed by atoms with E-state index < -0.39 is 6.04 Å². The monoisotopic (exact) mass is 484 g/mol. The molecule has 3 aromatic carbocycles. The van der Waals surface area contributed by atoms with Gasteiger partial charge in [-0.1, -0.05) is 105 Å². The summed E-state index contributed by atoms with van der Waals surface area (Å²) < 4.78 is 0. The lowest BCUT2D eigenvalue weighted by Gasteiger charge is -2.31. The molecule has 0 radical (unpaired) electrons. The average molecular weight is 485 g/mol. The van der Waals surface area contributed by atoms with Gasteiger partial charge in [0, 0.05) is 25.9 Å². The molecule has 3 rings (SSSR count). The molecule has 4 nitrogen and oxygen atoms in total. The third-order valence-electron chi connectivity index (χ3n) is 6.57. The number of aryl methyl sites for hydroxylation is 2. The number of nitrogens with zero attached hydrogens (tertiary/aromatic N) is 1. The lowest BCUT2D eigenvalue weighted by atomic mass is 9.99. The van der Waals surface area contributed by atoms with Crippen LogP contribution in [0.3, 0.4) is 0 Å². The minimum Gasteiger partial charge on any atom is -0.354 e. The highest BCUT2D eigenvalue weighted by atomic mass is 16.2. The molecule has 0 fully saturated rings. The maximum atomic E-state index is 13.7. The number of hydrogen-bond donors (Lipinski definition) is 1. The highest BCUT2D eigenvalue weighted by Crippen LogP contribution is 2.19. The fourth-order valence-electron chi connectivity index (χ4n) is 4.27. The molecule has 0 saturated heterocycles. The van der Waals surface area contributed by atoms with Crippen LogP contribution < -0.4 is 5.32 Å². The maximum Gasteiger partial charge on any atom is 0.243 e. The first-order valence-electron chi connectivity index (χ1n) is 13.1. The van der Waals surface area contributed by atoms with Crippen molar-refractivity contribution >= 4 is 11.8 Å². The van der Waals surface area contributed by atoms with Gasteiger partial charge in [-0.3, -0.25) is 9.59 Å². The number of hydrogen-bond acceptors (Lipinski definition) is 2. The van der Waals surface area contributed by atoms with Crippen LogP contribution in [0.5, 0.6) is 0 Å². The zero-order chi connectivity index (χ0) is 25.9. The van der Waals surface area contributed by atoms with Crippen molar-refractivity contribution in [3.8, 4) is 0 Å². The van der Waals surface area contributed by atoms with Crippen molar-refractivity contribution in [2.45, 2.75) is 71.9 Å². The molecule has 4 heteroatoms. The minimum atomic E-state index is -0.573. The Bertz CT molecular complexity index is 1090. The molecule has 0 aromatic heterocycles. The first-order valence-corrected chi connectivity index (χ1v) is 13.1. The van der Waals surface area contributed by atoms with E-state index in [4.69, 9.17) is 0 Å². The van der Waals surface area contributed by atoms with Crippen LogP contribution in [-0.4, -0.2) is 29.3 Å². The van der Waals surface area contributed by atoms with Gasteiger partial charge in [-0.2, -0.15) is 0 Å². The number of nitrogens with one attached hydrogen (secondary N) is 1.